The molecule has 160 valence electrons. The van der Waals surface area contributed by atoms with E-state index in [4.69, 9.17) is 0 Å². The molecule has 0 radical (unpaired) electrons. The monoisotopic (exact) mass is 417 g/mol. The maximum absolute atomic E-state index is 13.2. The molecule has 0 bridgehead atoms. The molecular formula is C24H27N5O2. The van der Waals surface area contributed by atoms with E-state index in [9.17, 15) is 9.59 Å². The zero-order chi connectivity index (χ0) is 21.6. The number of aromatic amines is 1. The van der Waals surface area contributed by atoms with E-state index in [2.05, 4.69) is 29.1 Å². The van der Waals surface area contributed by atoms with Crippen LogP contribution in [0.25, 0.3) is 11.1 Å². The van der Waals surface area contributed by atoms with E-state index in [0.717, 1.165) is 41.6 Å². The van der Waals surface area contributed by atoms with Crippen LogP contribution in [0.4, 0.5) is 0 Å². The van der Waals surface area contributed by atoms with Crippen LogP contribution < -0.4 is 0 Å². The molecular weight excluding hydrogens is 390 g/mol. The number of hydrogen-bond acceptors (Lipinski definition) is 4. The van der Waals surface area contributed by atoms with Crippen LogP contribution in [-0.4, -0.2) is 49.7 Å². The minimum atomic E-state index is -0.0512. The second kappa shape index (κ2) is 7.48. The summed E-state index contributed by atoms with van der Waals surface area (Å²) in [6, 6.07) is 7.87. The number of piperidine rings is 1. The van der Waals surface area contributed by atoms with Crippen molar-refractivity contribution in [3.63, 3.8) is 0 Å². The topological polar surface area (TPSA) is 83.9 Å². The number of rotatable bonds is 3. The van der Waals surface area contributed by atoms with Gasteiger partial charge in [0.1, 0.15) is 5.69 Å². The predicted octanol–water partition coefficient (Wildman–Crippen LogP) is 3.91. The predicted molar refractivity (Wildman–Crippen MR) is 117 cm³/mol. The molecule has 0 saturated carbocycles. The highest BCUT2D eigenvalue weighted by Gasteiger charge is 2.43. The van der Waals surface area contributed by atoms with Crippen molar-refractivity contribution in [1.82, 2.24) is 24.9 Å². The minimum Gasteiger partial charge on any atom is -0.339 e. The van der Waals surface area contributed by atoms with Gasteiger partial charge in [0.25, 0.3) is 5.91 Å². The fourth-order valence-corrected chi connectivity index (χ4v) is 5.08. The number of nitrogens with zero attached hydrogens (tertiary/aromatic N) is 4. The molecule has 1 aliphatic heterocycles. The number of benzene rings is 1. The average Bonchev–Trinajstić information content (AvgIpc) is 3.44. The van der Waals surface area contributed by atoms with Gasteiger partial charge >= 0.3 is 0 Å². The number of aromatic nitrogens is 4. The van der Waals surface area contributed by atoms with Gasteiger partial charge in [-0.25, -0.2) is 0 Å². The number of H-pyrrole nitrogens is 1. The number of carbonyl (C=O) groups excluding carboxylic acids is 2. The van der Waals surface area contributed by atoms with E-state index in [0.29, 0.717) is 25.1 Å². The quantitative estimate of drug-likeness (QED) is 0.700. The van der Waals surface area contributed by atoms with Crippen molar-refractivity contribution in [1.29, 1.82) is 0 Å². The van der Waals surface area contributed by atoms with Crippen molar-refractivity contribution < 1.29 is 9.59 Å². The van der Waals surface area contributed by atoms with E-state index in [1.165, 1.54) is 0 Å². The molecule has 0 atom stereocenters. The number of ketones is 1. The molecule has 2 aliphatic rings. The Balaban J connectivity index is 1.30. The summed E-state index contributed by atoms with van der Waals surface area (Å²) >= 11 is 0. The van der Waals surface area contributed by atoms with Gasteiger partial charge in [-0.15, -0.1) is 0 Å². The third-order valence-electron chi connectivity index (χ3n) is 6.78. The van der Waals surface area contributed by atoms with Gasteiger partial charge in [0.2, 0.25) is 0 Å². The molecule has 5 rings (SSSR count). The minimum absolute atomic E-state index is 0.0512. The standard InChI is InChI=1S/C24H27N5O2/c1-16(2)29-22-19(15-27-29)11-24(12-21(22)30)6-8-28(9-7-24)23(31)18-5-3-4-17(10-18)20-13-25-26-14-20/h3-5,10,13-16H,6-9,11-12H2,1-2H3,(H,25,26). The zero-order valence-electron chi connectivity index (χ0n) is 18.0. The normalized spacial score (nSPS) is 17.9. The molecule has 1 aromatic carbocycles. The fraction of sp³-hybridized carbons (Fsp3) is 0.417. The summed E-state index contributed by atoms with van der Waals surface area (Å²) < 4.78 is 1.86. The first-order chi connectivity index (χ1) is 15.0. The molecule has 2 aromatic heterocycles. The number of amides is 1. The zero-order valence-corrected chi connectivity index (χ0v) is 18.0. The number of nitrogens with one attached hydrogen (secondary N) is 1. The maximum Gasteiger partial charge on any atom is 0.253 e. The molecule has 1 saturated heterocycles. The fourth-order valence-electron chi connectivity index (χ4n) is 5.08. The SMILES string of the molecule is CC(C)n1ncc2c1C(=O)CC1(CCN(C(=O)c3cccc(-c4cn[nH]c4)c3)CC1)C2. The Morgan fingerprint density at radius 1 is 1.13 bits per heavy atom. The summed E-state index contributed by atoms with van der Waals surface area (Å²) in [5.74, 6) is 0.246. The van der Waals surface area contributed by atoms with Gasteiger partial charge in [-0.3, -0.25) is 19.4 Å². The second-order valence-corrected chi connectivity index (χ2v) is 9.19. The molecule has 0 unspecified atom stereocenters. The van der Waals surface area contributed by atoms with Crippen molar-refractivity contribution in [2.45, 2.75) is 45.6 Å². The molecule has 3 aromatic rings. The second-order valence-electron chi connectivity index (χ2n) is 9.19. The molecule has 31 heavy (non-hydrogen) atoms. The van der Waals surface area contributed by atoms with Gasteiger partial charge in [0.15, 0.2) is 5.78 Å². The largest absolute Gasteiger partial charge is 0.339 e. The summed E-state index contributed by atoms with van der Waals surface area (Å²) in [6.45, 7) is 5.46. The Hall–Kier alpha value is -3.22. The Kier molecular flexibility index (Phi) is 4.76. The van der Waals surface area contributed by atoms with Crippen molar-refractivity contribution in [3.05, 3.63) is 59.7 Å². The molecule has 1 aliphatic carbocycles. The molecule has 3 heterocycles. The lowest BCUT2D eigenvalue weighted by Gasteiger charge is -2.43. The first-order valence-electron chi connectivity index (χ1n) is 10.9. The summed E-state index contributed by atoms with van der Waals surface area (Å²) in [5.41, 5.74) is 4.43. The molecule has 7 heteroatoms. The number of hydrogen-bond donors (Lipinski definition) is 1. The van der Waals surface area contributed by atoms with E-state index >= 15 is 0 Å². The smallest absolute Gasteiger partial charge is 0.253 e. The Morgan fingerprint density at radius 3 is 2.65 bits per heavy atom. The van der Waals surface area contributed by atoms with E-state index in [-0.39, 0.29) is 23.1 Å². The van der Waals surface area contributed by atoms with E-state index in [1.807, 2.05) is 46.2 Å². The number of likely N-dealkylation sites (tertiary alicyclic amines) is 1. The van der Waals surface area contributed by atoms with Gasteiger partial charge in [-0.1, -0.05) is 12.1 Å². The van der Waals surface area contributed by atoms with Crippen LogP contribution in [0.3, 0.4) is 0 Å². The van der Waals surface area contributed by atoms with Crippen LogP contribution >= 0.6 is 0 Å². The van der Waals surface area contributed by atoms with Gasteiger partial charge in [0.05, 0.1) is 12.4 Å². The van der Waals surface area contributed by atoms with Crippen molar-refractivity contribution in [3.8, 4) is 11.1 Å². The first kappa shape index (κ1) is 19.7. The van der Waals surface area contributed by atoms with Crippen LogP contribution in [0.1, 0.15) is 65.6 Å². The maximum atomic E-state index is 13.2. The van der Waals surface area contributed by atoms with E-state index < -0.39 is 0 Å². The highest BCUT2D eigenvalue weighted by atomic mass is 16.2. The van der Waals surface area contributed by atoms with Crippen LogP contribution in [0.2, 0.25) is 0 Å². The third-order valence-corrected chi connectivity index (χ3v) is 6.78. The Bertz CT molecular complexity index is 1120. The first-order valence-corrected chi connectivity index (χ1v) is 10.9. The van der Waals surface area contributed by atoms with Crippen molar-refractivity contribution in [2.75, 3.05) is 13.1 Å². The number of Topliss-reactive ketones (excluding diaryl/α,β-unsaturated/α-hetero) is 1. The number of fused-ring (bicyclic) bond motifs is 1. The Labute approximate surface area is 181 Å². The van der Waals surface area contributed by atoms with Crippen LogP contribution in [-0.2, 0) is 6.42 Å². The van der Waals surface area contributed by atoms with Gasteiger partial charge in [-0.2, -0.15) is 10.2 Å². The molecule has 1 N–H and O–H groups in total. The molecule has 1 spiro atoms. The van der Waals surface area contributed by atoms with Crippen molar-refractivity contribution >= 4 is 11.7 Å². The van der Waals surface area contributed by atoms with Crippen molar-refractivity contribution in [2.24, 2.45) is 5.41 Å². The number of carbonyl (C=O) groups is 2. The summed E-state index contributed by atoms with van der Waals surface area (Å²) in [6.07, 6.45) is 8.56. The molecule has 1 fully saturated rings. The lowest BCUT2D eigenvalue weighted by Crippen LogP contribution is -2.46. The Morgan fingerprint density at radius 2 is 1.94 bits per heavy atom. The highest BCUT2D eigenvalue weighted by Crippen LogP contribution is 2.44. The lowest BCUT2D eigenvalue weighted by molar-refractivity contribution is 0.0517. The van der Waals surface area contributed by atoms with E-state index in [1.54, 1.807) is 6.20 Å². The summed E-state index contributed by atoms with van der Waals surface area (Å²) in [4.78, 5) is 28.1. The van der Waals surface area contributed by atoms with Crippen LogP contribution in [0.15, 0.2) is 42.9 Å². The highest BCUT2D eigenvalue weighted by molar-refractivity contribution is 5.98. The molecule has 1 amide bonds. The lowest BCUT2D eigenvalue weighted by atomic mass is 9.67. The van der Waals surface area contributed by atoms with Crippen LogP contribution in [0, 0.1) is 5.41 Å². The van der Waals surface area contributed by atoms with Crippen LogP contribution in [0.5, 0.6) is 0 Å². The third kappa shape index (κ3) is 3.48. The average molecular weight is 418 g/mol. The molecule has 7 nitrogen and oxygen atoms in total. The summed E-state index contributed by atoms with van der Waals surface area (Å²) in [7, 11) is 0. The van der Waals surface area contributed by atoms with Gasteiger partial charge < -0.3 is 4.90 Å². The summed E-state index contributed by atoms with van der Waals surface area (Å²) in [5, 5.41) is 11.3. The van der Waals surface area contributed by atoms with Gasteiger partial charge in [0, 0.05) is 48.4 Å². The van der Waals surface area contributed by atoms with Gasteiger partial charge in [-0.05, 0) is 56.2 Å².